The normalized spacial score (nSPS) is 18.8. The van der Waals surface area contributed by atoms with Crippen molar-refractivity contribution in [3.05, 3.63) is 35.4 Å². The molecule has 1 aromatic carbocycles. The van der Waals surface area contributed by atoms with Crippen molar-refractivity contribution in [1.29, 1.82) is 0 Å². The van der Waals surface area contributed by atoms with E-state index in [2.05, 4.69) is 19.1 Å². The second-order valence-electron chi connectivity index (χ2n) is 5.41. The van der Waals surface area contributed by atoms with E-state index < -0.39 is 0 Å². The molecule has 0 bridgehead atoms. The number of carbonyl (C=O) groups is 1. The lowest BCUT2D eigenvalue weighted by atomic mass is 10.1. The minimum Gasteiger partial charge on any atom is -0.396 e. The van der Waals surface area contributed by atoms with Gasteiger partial charge >= 0.3 is 0 Å². The van der Waals surface area contributed by atoms with E-state index in [9.17, 15) is 4.79 Å². The molecule has 1 amide bonds. The number of hydrogen-bond donors (Lipinski definition) is 1. The highest BCUT2D eigenvalue weighted by molar-refractivity contribution is 5.79. The van der Waals surface area contributed by atoms with E-state index in [1.165, 1.54) is 5.56 Å². The number of aryl methyl sites for hydroxylation is 1. The van der Waals surface area contributed by atoms with Crippen LogP contribution in [0.5, 0.6) is 0 Å². The van der Waals surface area contributed by atoms with E-state index in [-0.39, 0.29) is 12.5 Å². The molecule has 1 saturated heterocycles. The Morgan fingerprint density at radius 3 is 2.79 bits per heavy atom. The van der Waals surface area contributed by atoms with Crippen molar-refractivity contribution in [2.45, 2.75) is 45.1 Å². The molecule has 0 aliphatic carbocycles. The minimum atomic E-state index is 0.219. The number of hydrogen-bond acceptors (Lipinski definition) is 2. The molecule has 19 heavy (non-hydrogen) atoms. The molecule has 1 fully saturated rings. The average Bonchev–Trinajstić information content (AvgIpc) is 2.87. The maximum Gasteiger partial charge on any atom is 0.227 e. The van der Waals surface area contributed by atoms with Gasteiger partial charge in [0.1, 0.15) is 0 Å². The highest BCUT2D eigenvalue weighted by Gasteiger charge is 2.27. The maximum absolute atomic E-state index is 12.3. The molecule has 0 spiro atoms. The molecule has 0 aromatic heterocycles. The number of nitrogens with zero attached hydrogens (tertiary/aromatic N) is 1. The van der Waals surface area contributed by atoms with Crippen molar-refractivity contribution >= 4 is 5.91 Å². The van der Waals surface area contributed by atoms with Crippen LogP contribution in [-0.2, 0) is 11.2 Å². The van der Waals surface area contributed by atoms with Crippen LogP contribution in [0.3, 0.4) is 0 Å². The van der Waals surface area contributed by atoms with Gasteiger partial charge in [-0.3, -0.25) is 4.79 Å². The third-order valence-electron chi connectivity index (χ3n) is 3.87. The van der Waals surface area contributed by atoms with Crippen molar-refractivity contribution in [1.82, 2.24) is 4.90 Å². The van der Waals surface area contributed by atoms with Gasteiger partial charge in [0.25, 0.3) is 0 Å². The summed E-state index contributed by atoms with van der Waals surface area (Å²) in [4.78, 5) is 14.3. The minimum absolute atomic E-state index is 0.219. The Labute approximate surface area is 115 Å². The monoisotopic (exact) mass is 261 g/mol. The van der Waals surface area contributed by atoms with Crippen LogP contribution in [0.1, 0.15) is 36.8 Å². The lowest BCUT2D eigenvalue weighted by molar-refractivity contribution is -0.131. The number of carbonyl (C=O) groups excluding carboxylic acids is 1. The van der Waals surface area contributed by atoms with Gasteiger partial charge in [-0.25, -0.2) is 0 Å². The summed E-state index contributed by atoms with van der Waals surface area (Å²) in [6.07, 6.45) is 4.39. The van der Waals surface area contributed by atoms with Crippen molar-refractivity contribution in [2.24, 2.45) is 0 Å². The number of likely N-dealkylation sites (tertiary alicyclic amines) is 1. The SMILES string of the molecule is Cc1ccc(CC(=O)N2CCCC2CCCO)cc1. The van der Waals surface area contributed by atoms with Crippen molar-refractivity contribution < 1.29 is 9.90 Å². The van der Waals surface area contributed by atoms with Crippen LogP contribution >= 0.6 is 0 Å². The number of amides is 1. The van der Waals surface area contributed by atoms with E-state index >= 15 is 0 Å². The van der Waals surface area contributed by atoms with Crippen LogP contribution in [-0.4, -0.2) is 35.1 Å². The fourth-order valence-corrected chi connectivity index (χ4v) is 2.77. The Morgan fingerprint density at radius 1 is 1.37 bits per heavy atom. The summed E-state index contributed by atoms with van der Waals surface area (Å²) in [5.41, 5.74) is 2.31. The largest absolute Gasteiger partial charge is 0.396 e. The van der Waals surface area contributed by atoms with E-state index in [4.69, 9.17) is 5.11 Å². The molecule has 104 valence electrons. The second-order valence-corrected chi connectivity index (χ2v) is 5.41. The first-order chi connectivity index (χ1) is 9.20. The van der Waals surface area contributed by atoms with Gasteiger partial charge in [-0.05, 0) is 38.2 Å². The topological polar surface area (TPSA) is 40.5 Å². The summed E-state index contributed by atoms with van der Waals surface area (Å²) in [7, 11) is 0. The lowest BCUT2D eigenvalue weighted by Crippen LogP contribution is -2.36. The van der Waals surface area contributed by atoms with Gasteiger partial charge in [-0.1, -0.05) is 29.8 Å². The first-order valence-electron chi connectivity index (χ1n) is 7.16. The van der Waals surface area contributed by atoms with E-state index in [0.29, 0.717) is 12.5 Å². The van der Waals surface area contributed by atoms with Gasteiger partial charge in [0.2, 0.25) is 5.91 Å². The van der Waals surface area contributed by atoms with E-state index in [0.717, 1.165) is 37.8 Å². The van der Waals surface area contributed by atoms with Crippen LogP contribution in [0, 0.1) is 6.92 Å². The average molecular weight is 261 g/mol. The molecule has 3 heteroatoms. The molecule has 1 unspecified atom stereocenters. The van der Waals surface area contributed by atoms with Crippen molar-refractivity contribution in [3.63, 3.8) is 0 Å². The van der Waals surface area contributed by atoms with Crippen LogP contribution < -0.4 is 0 Å². The Morgan fingerprint density at radius 2 is 2.11 bits per heavy atom. The molecule has 1 aliphatic heterocycles. The standard InChI is InChI=1S/C16H23NO2/c1-13-6-8-14(9-7-13)12-16(19)17-10-2-4-15(17)5-3-11-18/h6-9,15,18H,2-5,10-12H2,1H3. The molecule has 1 N–H and O–H groups in total. The van der Waals surface area contributed by atoms with Crippen LogP contribution in [0.25, 0.3) is 0 Å². The first-order valence-corrected chi connectivity index (χ1v) is 7.16. The fraction of sp³-hybridized carbons (Fsp3) is 0.562. The van der Waals surface area contributed by atoms with Crippen molar-refractivity contribution in [2.75, 3.05) is 13.2 Å². The summed E-state index contributed by atoms with van der Waals surface area (Å²) in [6, 6.07) is 8.51. The van der Waals surface area contributed by atoms with Crippen LogP contribution in [0.4, 0.5) is 0 Å². The highest BCUT2D eigenvalue weighted by Crippen LogP contribution is 2.22. The predicted octanol–water partition coefficient (Wildman–Crippen LogP) is 2.30. The summed E-state index contributed by atoms with van der Waals surface area (Å²) in [5, 5.41) is 8.91. The smallest absolute Gasteiger partial charge is 0.227 e. The third-order valence-corrected chi connectivity index (χ3v) is 3.87. The van der Waals surface area contributed by atoms with Gasteiger partial charge < -0.3 is 10.0 Å². The number of benzene rings is 1. The fourth-order valence-electron chi connectivity index (χ4n) is 2.77. The molecule has 0 saturated carbocycles. The lowest BCUT2D eigenvalue weighted by Gasteiger charge is -2.24. The van der Waals surface area contributed by atoms with Gasteiger partial charge in [0, 0.05) is 19.2 Å². The molecular weight excluding hydrogens is 238 g/mol. The molecule has 1 heterocycles. The van der Waals surface area contributed by atoms with Crippen LogP contribution in [0.15, 0.2) is 24.3 Å². The van der Waals surface area contributed by atoms with Crippen molar-refractivity contribution in [3.8, 4) is 0 Å². The van der Waals surface area contributed by atoms with Crippen LogP contribution in [0.2, 0.25) is 0 Å². The maximum atomic E-state index is 12.3. The van der Waals surface area contributed by atoms with E-state index in [1.807, 2.05) is 17.0 Å². The first kappa shape index (κ1) is 14.1. The third kappa shape index (κ3) is 3.80. The summed E-state index contributed by atoms with van der Waals surface area (Å²) in [6.45, 7) is 3.15. The van der Waals surface area contributed by atoms with Gasteiger partial charge in [0.05, 0.1) is 6.42 Å². The molecule has 0 radical (unpaired) electrons. The Balaban J connectivity index is 1.93. The Bertz CT molecular complexity index is 413. The predicted molar refractivity (Wildman–Crippen MR) is 75.9 cm³/mol. The molecule has 3 nitrogen and oxygen atoms in total. The Hall–Kier alpha value is -1.35. The molecular formula is C16H23NO2. The molecule has 1 aliphatic rings. The highest BCUT2D eigenvalue weighted by atomic mass is 16.3. The molecule has 2 rings (SSSR count). The van der Waals surface area contributed by atoms with Gasteiger partial charge in [0.15, 0.2) is 0 Å². The van der Waals surface area contributed by atoms with E-state index in [1.54, 1.807) is 0 Å². The number of aliphatic hydroxyl groups excluding tert-OH is 1. The second kappa shape index (κ2) is 6.71. The summed E-state index contributed by atoms with van der Waals surface area (Å²) in [5.74, 6) is 0.226. The molecule has 1 atom stereocenters. The Kier molecular flexibility index (Phi) is 4.97. The zero-order valence-electron chi connectivity index (χ0n) is 11.6. The quantitative estimate of drug-likeness (QED) is 0.883. The number of aliphatic hydroxyl groups is 1. The number of rotatable bonds is 5. The zero-order valence-corrected chi connectivity index (χ0v) is 11.6. The summed E-state index contributed by atoms with van der Waals surface area (Å²) >= 11 is 0. The molecule has 1 aromatic rings. The zero-order chi connectivity index (χ0) is 13.7. The van der Waals surface area contributed by atoms with Gasteiger partial charge in [-0.2, -0.15) is 0 Å². The van der Waals surface area contributed by atoms with Gasteiger partial charge in [-0.15, -0.1) is 0 Å². The summed E-state index contributed by atoms with van der Waals surface area (Å²) < 4.78 is 0.